The van der Waals surface area contributed by atoms with Crippen molar-refractivity contribution < 1.29 is 23.1 Å². The monoisotopic (exact) mass is 836 g/mol. The molecule has 9 rings (SSSR count). The molecule has 1 spiro atoms. The largest absolute Gasteiger partial charge is 0.534 e. The third-order valence-electron chi connectivity index (χ3n) is 12.8. The average Bonchev–Trinajstić information content (AvgIpc) is 3.55. The summed E-state index contributed by atoms with van der Waals surface area (Å²) in [6.45, 7) is 17.6. The number of fused-ring (bicyclic) bond motifs is 6. The van der Waals surface area contributed by atoms with Crippen LogP contribution in [-0.2, 0) is 10.3 Å². The van der Waals surface area contributed by atoms with Crippen LogP contribution < -0.4 is 34.3 Å². The highest BCUT2D eigenvalue weighted by molar-refractivity contribution is 7.00. The van der Waals surface area contributed by atoms with Gasteiger partial charge in [-0.05, 0) is 80.1 Å². The second-order valence-electron chi connectivity index (χ2n) is 18.4. The van der Waals surface area contributed by atoms with Gasteiger partial charge < -0.3 is 18.3 Å². The van der Waals surface area contributed by atoms with Gasteiger partial charge in [0.2, 0.25) is 0 Å². The maximum absolute atomic E-state index is 14.2. The first kappa shape index (κ1) is 40.3. The van der Waals surface area contributed by atoms with Crippen molar-refractivity contribution in [3.63, 3.8) is 0 Å². The molecule has 0 saturated heterocycles. The van der Waals surface area contributed by atoms with E-state index in [2.05, 4.69) is 169 Å². The van der Waals surface area contributed by atoms with E-state index in [1.165, 1.54) is 20.7 Å². The van der Waals surface area contributed by atoms with Crippen LogP contribution in [0.5, 0.6) is 23.0 Å². The number of hydrogen-bond acceptors (Lipinski definition) is 5. The first-order valence-corrected chi connectivity index (χ1v) is 24.9. The van der Waals surface area contributed by atoms with E-state index in [1.54, 1.807) is 0 Å². The number of aryl methyl sites for hydroxylation is 1. The normalized spacial score (nSPS) is 14.3. The number of benzene rings is 7. The minimum absolute atomic E-state index is 0.261. The molecule has 0 aliphatic carbocycles. The summed E-state index contributed by atoms with van der Waals surface area (Å²) >= 11 is 0. The Hall–Kier alpha value is -6.16. The quantitative estimate of drug-likeness (QED) is 0.113. The third-order valence-corrected chi connectivity index (χ3v) is 22.7. The molecule has 0 atom stereocenters. The van der Waals surface area contributed by atoms with Crippen LogP contribution in [0.3, 0.4) is 0 Å². The fourth-order valence-electron chi connectivity index (χ4n) is 9.82. The van der Waals surface area contributed by atoms with Gasteiger partial charge in [0.25, 0.3) is 0 Å². The van der Waals surface area contributed by atoms with Crippen LogP contribution in [-0.4, -0.2) is 22.6 Å². The van der Waals surface area contributed by atoms with Crippen molar-refractivity contribution in [1.29, 1.82) is 0 Å². The second kappa shape index (κ2) is 14.8. The molecule has 2 aliphatic rings. The van der Waals surface area contributed by atoms with Crippen LogP contribution in [0.1, 0.15) is 79.7 Å². The zero-order valence-corrected chi connectivity index (χ0v) is 38.2. The number of hydrogen-bond donors (Lipinski definition) is 0. The Labute approximate surface area is 362 Å². The van der Waals surface area contributed by atoms with E-state index in [-0.39, 0.29) is 16.0 Å². The number of carbonyl (C=O) groups is 1. The smallest absolute Gasteiger partial charge is 0.340 e. The SMILES string of the molecule is Cc1ccc2c(c1C)C(=O)OC21c2ccc(O[Si](c3ccccc3)(c3ccccc3)C(C)(C)C)cc2Oc2cc(O[Si](c3ccccc3)(c3ccccc3)C(C)(C)C)ccc21. The van der Waals surface area contributed by atoms with Gasteiger partial charge in [-0.25, -0.2) is 4.79 Å². The summed E-state index contributed by atoms with van der Waals surface area (Å²) in [5, 5.41) is 4.16. The maximum Gasteiger partial charge on any atom is 0.340 e. The zero-order valence-electron chi connectivity index (χ0n) is 36.2. The standard InChI is InChI=1S/C54H52O5Si2/c1-37-29-32-47-50(38(37)2)51(55)57-54(47)45-33-30-39(58-60(52(3,4)5,41-21-13-9-14-22-41)42-23-15-10-16-24-42)35-48(45)56-49-36-40(31-34-46(49)54)59-61(53(6,7)8,43-25-17-11-18-26-43)44-27-19-12-20-28-44/h9-36H,1-8H3. The fourth-order valence-corrected chi connectivity index (χ4v) is 18.6. The Balaban J connectivity index is 1.24. The molecule has 0 aromatic heterocycles. The zero-order chi connectivity index (χ0) is 42.8. The molecule has 7 aromatic carbocycles. The molecule has 0 unspecified atom stereocenters. The third kappa shape index (κ3) is 6.28. The van der Waals surface area contributed by atoms with Crippen LogP contribution in [0.25, 0.3) is 0 Å². The second-order valence-corrected chi connectivity index (χ2v) is 26.9. The molecule has 2 aliphatic heterocycles. The highest BCUT2D eigenvalue weighted by atomic mass is 28.4. The molecule has 7 aromatic rings. The maximum atomic E-state index is 14.2. The lowest BCUT2D eigenvalue weighted by atomic mass is 9.76. The summed E-state index contributed by atoms with van der Waals surface area (Å²) in [5.41, 5.74) is 3.55. The van der Waals surface area contributed by atoms with Gasteiger partial charge in [0.1, 0.15) is 23.0 Å². The summed E-state index contributed by atoms with van der Waals surface area (Å²) in [7, 11) is -6.01. The summed E-state index contributed by atoms with van der Waals surface area (Å²) < 4.78 is 28.8. The van der Waals surface area contributed by atoms with Crippen molar-refractivity contribution in [2.45, 2.75) is 71.1 Å². The summed E-state index contributed by atoms with van der Waals surface area (Å²) in [6, 6.07) is 58.6. The highest BCUT2D eigenvalue weighted by Gasteiger charge is 2.56. The Morgan fingerprint density at radius 3 is 1.20 bits per heavy atom. The van der Waals surface area contributed by atoms with Gasteiger partial charge in [0.15, 0.2) is 5.60 Å². The van der Waals surface area contributed by atoms with Crippen LogP contribution in [0.2, 0.25) is 10.1 Å². The van der Waals surface area contributed by atoms with Gasteiger partial charge >= 0.3 is 22.6 Å². The van der Waals surface area contributed by atoms with Crippen molar-refractivity contribution in [3.8, 4) is 23.0 Å². The molecule has 0 saturated carbocycles. The van der Waals surface area contributed by atoms with Gasteiger partial charge in [-0.15, -0.1) is 0 Å². The Kier molecular flexibility index (Phi) is 9.76. The first-order valence-electron chi connectivity index (χ1n) is 21.1. The van der Waals surface area contributed by atoms with E-state index < -0.39 is 22.2 Å². The van der Waals surface area contributed by atoms with E-state index in [0.717, 1.165) is 27.8 Å². The molecule has 0 bridgehead atoms. The molecule has 0 N–H and O–H groups in total. The number of ether oxygens (including phenoxy) is 2. The highest BCUT2D eigenvalue weighted by Crippen LogP contribution is 2.58. The molecular weight excluding hydrogens is 785 g/mol. The molecule has 5 nitrogen and oxygen atoms in total. The Bertz CT molecular complexity index is 2520. The van der Waals surface area contributed by atoms with Crippen molar-refractivity contribution in [1.82, 2.24) is 0 Å². The fraction of sp³-hybridized carbons (Fsp3) is 0.204. The van der Waals surface area contributed by atoms with Crippen LogP contribution in [0, 0.1) is 13.8 Å². The van der Waals surface area contributed by atoms with Crippen molar-refractivity contribution in [3.05, 3.63) is 203 Å². The van der Waals surface area contributed by atoms with E-state index >= 15 is 0 Å². The minimum atomic E-state index is -3.00. The molecule has 0 radical (unpaired) electrons. The molecule has 0 fully saturated rings. The van der Waals surface area contributed by atoms with E-state index in [9.17, 15) is 4.79 Å². The van der Waals surface area contributed by atoms with Crippen LogP contribution in [0.15, 0.2) is 170 Å². The molecule has 7 heteroatoms. The minimum Gasteiger partial charge on any atom is -0.534 e. The van der Waals surface area contributed by atoms with Gasteiger partial charge in [-0.1, -0.05) is 175 Å². The van der Waals surface area contributed by atoms with Crippen molar-refractivity contribution >= 4 is 43.4 Å². The summed E-state index contributed by atoms with van der Waals surface area (Å²) in [6.07, 6.45) is 0. The van der Waals surface area contributed by atoms with Crippen LogP contribution in [0.4, 0.5) is 0 Å². The average molecular weight is 837 g/mol. The predicted molar refractivity (Wildman–Crippen MR) is 251 cm³/mol. The van der Waals surface area contributed by atoms with Gasteiger partial charge in [0, 0.05) is 28.8 Å². The molecule has 2 heterocycles. The number of esters is 1. The molecular formula is C54H52O5Si2. The predicted octanol–water partition coefficient (Wildman–Crippen LogP) is 10.7. The lowest BCUT2D eigenvalue weighted by Crippen LogP contribution is -2.68. The molecule has 306 valence electrons. The van der Waals surface area contributed by atoms with Crippen molar-refractivity contribution in [2.24, 2.45) is 0 Å². The first-order chi connectivity index (χ1) is 29.2. The van der Waals surface area contributed by atoms with Gasteiger partial charge in [0.05, 0.1) is 5.56 Å². The Morgan fingerprint density at radius 2 is 0.836 bits per heavy atom. The van der Waals surface area contributed by atoms with E-state index in [0.29, 0.717) is 28.6 Å². The lowest BCUT2D eigenvalue weighted by molar-refractivity contribution is 0.0224. The van der Waals surface area contributed by atoms with Gasteiger partial charge in [-0.2, -0.15) is 0 Å². The van der Waals surface area contributed by atoms with Gasteiger partial charge in [-0.3, -0.25) is 0 Å². The van der Waals surface area contributed by atoms with Crippen LogP contribution >= 0.6 is 0 Å². The van der Waals surface area contributed by atoms with Crippen molar-refractivity contribution in [2.75, 3.05) is 0 Å². The topological polar surface area (TPSA) is 54.0 Å². The number of rotatable bonds is 8. The lowest BCUT2D eigenvalue weighted by Gasteiger charge is -2.43. The molecule has 0 amide bonds. The number of carbonyl (C=O) groups excluding carboxylic acids is 1. The summed E-state index contributed by atoms with van der Waals surface area (Å²) in [4.78, 5) is 14.2. The Morgan fingerprint density at radius 1 is 0.475 bits per heavy atom. The van der Waals surface area contributed by atoms with E-state index in [4.69, 9.17) is 18.3 Å². The van der Waals surface area contributed by atoms with E-state index in [1.807, 2.05) is 56.3 Å². The summed E-state index contributed by atoms with van der Waals surface area (Å²) in [5.74, 6) is 2.12. The molecule has 61 heavy (non-hydrogen) atoms.